The Balaban J connectivity index is 2.51. The van der Waals surface area contributed by atoms with Crippen molar-refractivity contribution in [1.29, 1.82) is 0 Å². The first kappa shape index (κ1) is 18.5. The molecule has 0 aromatic heterocycles. The average molecular weight is 405 g/mol. The van der Waals surface area contributed by atoms with Crippen LogP contribution in [0.15, 0.2) is 58.8 Å². The minimum atomic E-state index is -4.96. The number of rotatable bonds is 4. The molecular weight excluding hydrogens is 392 g/mol. The average Bonchev–Trinajstić information content (AvgIpc) is 2.54. The van der Waals surface area contributed by atoms with Gasteiger partial charge in [-0.05, 0) is 35.4 Å². The van der Waals surface area contributed by atoms with Crippen LogP contribution >= 0.6 is 15.9 Å². The van der Waals surface area contributed by atoms with Crippen LogP contribution in [0.2, 0.25) is 0 Å². The highest BCUT2D eigenvalue weighted by molar-refractivity contribution is 9.10. The molecule has 1 atom stereocenters. The third-order valence-corrected chi connectivity index (χ3v) is 3.86. The second-order valence-corrected chi connectivity index (χ2v) is 5.82. The van der Waals surface area contributed by atoms with Crippen molar-refractivity contribution in [2.24, 2.45) is 0 Å². The lowest BCUT2D eigenvalue weighted by Crippen LogP contribution is -2.15. The summed E-state index contributed by atoms with van der Waals surface area (Å²) >= 11 is 3.16. The van der Waals surface area contributed by atoms with Crippen LogP contribution in [-0.4, -0.2) is 18.4 Å². The lowest BCUT2D eigenvalue weighted by Gasteiger charge is -2.17. The fourth-order valence-electron chi connectivity index (χ4n) is 2.12. The van der Waals surface area contributed by atoms with E-state index in [1.54, 1.807) is 0 Å². The van der Waals surface area contributed by atoms with E-state index >= 15 is 0 Å². The second kappa shape index (κ2) is 7.36. The van der Waals surface area contributed by atoms with Crippen LogP contribution in [0.3, 0.4) is 0 Å². The van der Waals surface area contributed by atoms with Crippen LogP contribution in [0.5, 0.6) is 5.75 Å². The van der Waals surface area contributed by atoms with Gasteiger partial charge in [0.2, 0.25) is 0 Å². The normalized spacial score (nSPS) is 14.1. The standard InChI is InChI=1S/C17H13BrF4O2/c1-24-13-8-4-10(5-9-13)14(17(20,21)22)15(19)16(23)11-2-6-12(18)7-3-11/h2-9,16,23H,1H3/b15-14+. The largest absolute Gasteiger partial charge is 0.497 e. The van der Waals surface area contributed by atoms with Gasteiger partial charge in [0.1, 0.15) is 17.7 Å². The van der Waals surface area contributed by atoms with E-state index in [0.29, 0.717) is 10.2 Å². The summed E-state index contributed by atoms with van der Waals surface area (Å²) in [5.41, 5.74) is -1.89. The van der Waals surface area contributed by atoms with Crippen molar-refractivity contribution >= 4 is 21.5 Å². The van der Waals surface area contributed by atoms with Gasteiger partial charge in [0.25, 0.3) is 0 Å². The molecule has 7 heteroatoms. The Hall–Kier alpha value is -1.86. The lowest BCUT2D eigenvalue weighted by molar-refractivity contribution is -0.0711. The Labute approximate surface area is 144 Å². The molecule has 128 valence electrons. The molecule has 0 heterocycles. The molecule has 0 aliphatic carbocycles. The summed E-state index contributed by atoms with van der Waals surface area (Å²) in [6.07, 6.45) is -6.98. The van der Waals surface area contributed by atoms with E-state index in [2.05, 4.69) is 15.9 Å². The van der Waals surface area contributed by atoms with Gasteiger partial charge in [-0.2, -0.15) is 13.2 Å². The van der Waals surface area contributed by atoms with E-state index in [4.69, 9.17) is 4.74 Å². The number of methoxy groups -OCH3 is 1. The fraction of sp³-hybridized carbons (Fsp3) is 0.176. The summed E-state index contributed by atoms with van der Waals surface area (Å²) < 4.78 is 60.0. The molecule has 1 unspecified atom stereocenters. The van der Waals surface area contributed by atoms with Crippen LogP contribution in [0, 0.1) is 0 Å². The van der Waals surface area contributed by atoms with Gasteiger partial charge < -0.3 is 9.84 Å². The SMILES string of the molecule is COc1ccc(/C(=C(\F)C(O)c2ccc(Br)cc2)C(F)(F)F)cc1. The monoisotopic (exact) mass is 404 g/mol. The second-order valence-electron chi connectivity index (χ2n) is 4.90. The third-order valence-electron chi connectivity index (χ3n) is 3.33. The summed E-state index contributed by atoms with van der Waals surface area (Å²) in [5.74, 6) is -1.32. The number of hydrogen-bond acceptors (Lipinski definition) is 2. The molecule has 0 saturated heterocycles. The maximum Gasteiger partial charge on any atom is 0.419 e. The summed E-state index contributed by atoms with van der Waals surface area (Å²) in [6.45, 7) is 0. The molecule has 0 amide bonds. The fourth-order valence-corrected chi connectivity index (χ4v) is 2.39. The molecule has 1 N–H and O–H groups in total. The first-order chi connectivity index (χ1) is 11.2. The number of aliphatic hydroxyl groups is 1. The third kappa shape index (κ3) is 4.15. The number of hydrogen-bond donors (Lipinski definition) is 1. The smallest absolute Gasteiger partial charge is 0.419 e. The maximum atomic E-state index is 14.5. The van der Waals surface area contributed by atoms with E-state index in [-0.39, 0.29) is 5.56 Å². The summed E-state index contributed by atoms with van der Waals surface area (Å²) in [6, 6.07) is 10.5. The number of halogens is 5. The van der Waals surface area contributed by atoms with Crippen molar-refractivity contribution in [3.05, 3.63) is 70.0 Å². The van der Waals surface area contributed by atoms with Gasteiger partial charge in [-0.25, -0.2) is 4.39 Å². The highest BCUT2D eigenvalue weighted by atomic mass is 79.9. The molecule has 0 bridgehead atoms. The Morgan fingerprint density at radius 1 is 1.04 bits per heavy atom. The number of aliphatic hydroxyl groups excluding tert-OH is 1. The number of ether oxygens (including phenoxy) is 1. The molecule has 2 nitrogen and oxygen atoms in total. The molecule has 2 rings (SSSR count). The molecule has 0 spiro atoms. The number of benzene rings is 2. The van der Waals surface area contributed by atoms with Gasteiger partial charge in [0, 0.05) is 4.47 Å². The first-order valence-electron chi connectivity index (χ1n) is 6.79. The van der Waals surface area contributed by atoms with E-state index in [1.807, 2.05) is 0 Å². The van der Waals surface area contributed by atoms with Crippen LogP contribution in [0.25, 0.3) is 5.57 Å². The number of alkyl halides is 3. The molecule has 2 aromatic carbocycles. The van der Waals surface area contributed by atoms with Crippen molar-refractivity contribution in [3.63, 3.8) is 0 Å². The minimum absolute atomic E-state index is 0.0194. The molecule has 0 aliphatic rings. The predicted octanol–water partition coefficient (Wildman–Crippen LogP) is 5.43. The van der Waals surface area contributed by atoms with Crippen molar-refractivity contribution in [2.45, 2.75) is 12.3 Å². The number of allylic oxidation sites excluding steroid dienone is 1. The van der Waals surface area contributed by atoms with Crippen molar-refractivity contribution in [1.82, 2.24) is 0 Å². The van der Waals surface area contributed by atoms with Crippen LogP contribution in [0.4, 0.5) is 17.6 Å². The Bertz CT molecular complexity index is 722. The summed E-state index contributed by atoms with van der Waals surface area (Å²) in [7, 11) is 1.37. The van der Waals surface area contributed by atoms with Crippen molar-refractivity contribution < 1.29 is 27.4 Å². The van der Waals surface area contributed by atoms with E-state index in [1.165, 1.54) is 43.5 Å². The Morgan fingerprint density at radius 3 is 2.04 bits per heavy atom. The van der Waals surface area contributed by atoms with Gasteiger partial charge >= 0.3 is 6.18 Å². The van der Waals surface area contributed by atoms with Gasteiger partial charge in [0.05, 0.1) is 12.7 Å². The molecule has 0 fully saturated rings. The lowest BCUT2D eigenvalue weighted by atomic mass is 9.99. The van der Waals surface area contributed by atoms with E-state index in [0.717, 1.165) is 12.1 Å². The minimum Gasteiger partial charge on any atom is -0.497 e. The van der Waals surface area contributed by atoms with Crippen molar-refractivity contribution in [2.75, 3.05) is 7.11 Å². The van der Waals surface area contributed by atoms with E-state index < -0.39 is 29.2 Å². The predicted molar refractivity (Wildman–Crippen MR) is 86.2 cm³/mol. The zero-order valence-electron chi connectivity index (χ0n) is 12.4. The molecule has 2 aromatic rings. The van der Waals surface area contributed by atoms with Gasteiger partial charge in [-0.3, -0.25) is 0 Å². The summed E-state index contributed by atoms with van der Waals surface area (Å²) in [4.78, 5) is 0. The zero-order chi connectivity index (χ0) is 17.9. The van der Waals surface area contributed by atoms with Crippen LogP contribution < -0.4 is 4.74 Å². The van der Waals surface area contributed by atoms with Gasteiger partial charge in [-0.1, -0.05) is 40.2 Å². The van der Waals surface area contributed by atoms with Crippen molar-refractivity contribution in [3.8, 4) is 5.75 Å². The van der Waals surface area contributed by atoms with Crippen LogP contribution in [-0.2, 0) is 0 Å². The Kier molecular flexibility index (Phi) is 5.66. The molecule has 0 saturated carbocycles. The van der Waals surface area contributed by atoms with Gasteiger partial charge in [-0.15, -0.1) is 0 Å². The first-order valence-corrected chi connectivity index (χ1v) is 7.58. The molecule has 24 heavy (non-hydrogen) atoms. The maximum absolute atomic E-state index is 14.5. The van der Waals surface area contributed by atoms with Gasteiger partial charge in [0.15, 0.2) is 0 Å². The van der Waals surface area contributed by atoms with Crippen LogP contribution in [0.1, 0.15) is 17.2 Å². The highest BCUT2D eigenvalue weighted by Gasteiger charge is 2.40. The van der Waals surface area contributed by atoms with E-state index in [9.17, 15) is 22.7 Å². The molecular formula is C17H13BrF4O2. The quantitative estimate of drug-likeness (QED) is 0.688. The zero-order valence-corrected chi connectivity index (χ0v) is 14.0. The Morgan fingerprint density at radius 2 is 1.58 bits per heavy atom. The summed E-state index contributed by atoms with van der Waals surface area (Å²) in [5, 5.41) is 10.0. The topological polar surface area (TPSA) is 29.5 Å². The molecule has 0 aliphatic heterocycles. The highest BCUT2D eigenvalue weighted by Crippen LogP contribution is 2.41. The molecule has 0 radical (unpaired) electrons.